The Morgan fingerprint density at radius 3 is 0.824 bits per heavy atom. The largest absolute Gasteiger partial charge is 0.462 e. The number of ether oxygens (including phenoxy) is 3. The molecule has 0 bridgehead atoms. The standard InChI is InChI=1S/C68H124O6/c1-4-7-10-13-16-19-22-24-25-26-27-28-29-30-31-32-33-34-35-36-37-38-39-40-41-42-43-45-46-49-52-55-58-61-67(70)73-64-65(63-72-66(69)60-57-54-51-48-21-18-15-12-9-6-3)74-68(71)62-59-56-53-50-47-44-23-20-17-14-11-8-5-2/h12,15,22,24,26-27,29-30,65H,4-11,13-14,16-21,23,25,28,31-64H2,1-3H3/b15-12-,24-22-,27-26-,30-29-. The second-order valence-corrected chi connectivity index (χ2v) is 22.0. The molecule has 6 nitrogen and oxygen atoms in total. The second kappa shape index (κ2) is 62.9. The summed E-state index contributed by atoms with van der Waals surface area (Å²) in [6, 6.07) is 0. The molecule has 0 saturated carbocycles. The number of esters is 3. The summed E-state index contributed by atoms with van der Waals surface area (Å²) in [5.74, 6) is -0.863. The lowest BCUT2D eigenvalue weighted by atomic mass is 10.0. The number of rotatable bonds is 60. The molecule has 0 radical (unpaired) electrons. The highest BCUT2D eigenvalue weighted by atomic mass is 16.6. The minimum atomic E-state index is -0.771. The first-order valence-electron chi connectivity index (χ1n) is 32.6. The van der Waals surface area contributed by atoms with Crippen molar-refractivity contribution in [3.05, 3.63) is 48.6 Å². The van der Waals surface area contributed by atoms with Crippen LogP contribution in [0, 0.1) is 0 Å². The molecule has 0 heterocycles. The highest BCUT2D eigenvalue weighted by Gasteiger charge is 2.19. The number of unbranched alkanes of at least 4 members (excludes halogenated alkanes) is 41. The fourth-order valence-corrected chi connectivity index (χ4v) is 9.63. The SMILES string of the molecule is CCC/C=C\CCCCCCCC(=O)OCC(COC(=O)CCCCCCCCCCCCCCCCCCCC/C=C\C/C=C\C/C=C\CCCCCCC)OC(=O)CCCCCCCCCCCCCCC. The summed E-state index contributed by atoms with van der Waals surface area (Å²) in [6.07, 6.45) is 78.6. The second-order valence-electron chi connectivity index (χ2n) is 22.0. The van der Waals surface area contributed by atoms with Gasteiger partial charge in [-0.3, -0.25) is 14.4 Å². The zero-order valence-electron chi connectivity index (χ0n) is 49.6. The van der Waals surface area contributed by atoms with Crippen molar-refractivity contribution in [1.82, 2.24) is 0 Å². The number of hydrogen-bond donors (Lipinski definition) is 0. The van der Waals surface area contributed by atoms with Crippen LogP contribution in [0.3, 0.4) is 0 Å². The zero-order valence-corrected chi connectivity index (χ0v) is 49.6. The molecule has 0 N–H and O–H groups in total. The van der Waals surface area contributed by atoms with Gasteiger partial charge in [-0.2, -0.15) is 0 Å². The van der Waals surface area contributed by atoms with Crippen LogP contribution in [0.4, 0.5) is 0 Å². The van der Waals surface area contributed by atoms with Gasteiger partial charge in [0.1, 0.15) is 13.2 Å². The maximum Gasteiger partial charge on any atom is 0.306 e. The summed E-state index contributed by atoms with van der Waals surface area (Å²) in [5, 5.41) is 0. The first-order valence-corrected chi connectivity index (χ1v) is 32.6. The van der Waals surface area contributed by atoms with Crippen LogP contribution in [0.2, 0.25) is 0 Å². The smallest absolute Gasteiger partial charge is 0.306 e. The Kier molecular flexibility index (Phi) is 60.7. The molecular formula is C68H124O6. The molecule has 0 aromatic carbocycles. The van der Waals surface area contributed by atoms with E-state index in [1.165, 1.54) is 225 Å². The molecule has 0 aromatic heterocycles. The van der Waals surface area contributed by atoms with Gasteiger partial charge in [0.05, 0.1) is 0 Å². The lowest BCUT2D eigenvalue weighted by Crippen LogP contribution is -2.30. The Labute approximate surface area is 460 Å². The molecule has 0 aliphatic heterocycles. The molecule has 432 valence electrons. The Hall–Kier alpha value is -2.63. The van der Waals surface area contributed by atoms with E-state index in [-0.39, 0.29) is 31.1 Å². The third kappa shape index (κ3) is 60.2. The Bertz CT molecular complexity index is 1280. The third-order valence-electron chi connectivity index (χ3n) is 14.5. The van der Waals surface area contributed by atoms with Gasteiger partial charge in [0.2, 0.25) is 0 Å². The Morgan fingerprint density at radius 2 is 0.514 bits per heavy atom. The minimum absolute atomic E-state index is 0.0707. The van der Waals surface area contributed by atoms with E-state index < -0.39 is 6.10 Å². The highest BCUT2D eigenvalue weighted by molar-refractivity contribution is 5.71. The van der Waals surface area contributed by atoms with Crippen molar-refractivity contribution in [1.29, 1.82) is 0 Å². The van der Waals surface area contributed by atoms with Crippen molar-refractivity contribution < 1.29 is 28.6 Å². The Morgan fingerprint density at radius 1 is 0.270 bits per heavy atom. The number of hydrogen-bond acceptors (Lipinski definition) is 6. The fraction of sp³-hybridized carbons (Fsp3) is 0.838. The van der Waals surface area contributed by atoms with Crippen LogP contribution >= 0.6 is 0 Å². The van der Waals surface area contributed by atoms with Crippen LogP contribution in [0.15, 0.2) is 48.6 Å². The van der Waals surface area contributed by atoms with E-state index in [1.807, 2.05) is 0 Å². The van der Waals surface area contributed by atoms with Crippen molar-refractivity contribution in [2.45, 2.75) is 354 Å². The van der Waals surface area contributed by atoms with Crippen LogP contribution in [0.1, 0.15) is 348 Å². The molecule has 0 spiro atoms. The molecule has 1 atom stereocenters. The van der Waals surface area contributed by atoms with E-state index in [2.05, 4.69) is 69.4 Å². The predicted octanol–water partition coefficient (Wildman–Crippen LogP) is 22.2. The fourth-order valence-electron chi connectivity index (χ4n) is 9.63. The Balaban J connectivity index is 4.02. The van der Waals surface area contributed by atoms with Gasteiger partial charge in [-0.05, 0) is 77.0 Å². The predicted molar refractivity (Wildman–Crippen MR) is 321 cm³/mol. The summed E-state index contributed by atoms with van der Waals surface area (Å²) in [4.78, 5) is 38.1. The first kappa shape index (κ1) is 71.4. The van der Waals surface area contributed by atoms with Crippen LogP contribution in [0.5, 0.6) is 0 Å². The summed E-state index contributed by atoms with van der Waals surface area (Å²) in [5.41, 5.74) is 0. The maximum atomic E-state index is 12.8. The minimum Gasteiger partial charge on any atom is -0.462 e. The van der Waals surface area contributed by atoms with Gasteiger partial charge in [0.25, 0.3) is 0 Å². The normalized spacial score (nSPS) is 12.3. The van der Waals surface area contributed by atoms with E-state index in [9.17, 15) is 14.4 Å². The van der Waals surface area contributed by atoms with Crippen LogP contribution in [-0.2, 0) is 28.6 Å². The van der Waals surface area contributed by atoms with Crippen molar-refractivity contribution in [3.63, 3.8) is 0 Å². The average Bonchev–Trinajstić information content (AvgIpc) is 3.40. The van der Waals surface area contributed by atoms with Crippen molar-refractivity contribution >= 4 is 17.9 Å². The maximum absolute atomic E-state index is 12.8. The van der Waals surface area contributed by atoms with Crippen LogP contribution in [-0.4, -0.2) is 37.2 Å². The number of allylic oxidation sites excluding steroid dienone is 8. The van der Waals surface area contributed by atoms with Gasteiger partial charge < -0.3 is 14.2 Å². The number of carbonyl (C=O) groups is 3. The molecule has 0 rings (SSSR count). The lowest BCUT2D eigenvalue weighted by Gasteiger charge is -2.18. The number of carbonyl (C=O) groups excluding carboxylic acids is 3. The average molecular weight is 1040 g/mol. The van der Waals surface area contributed by atoms with Crippen LogP contribution < -0.4 is 0 Å². The summed E-state index contributed by atoms with van der Waals surface area (Å²) < 4.78 is 16.9. The molecule has 0 fully saturated rings. The molecule has 0 saturated heterocycles. The molecule has 74 heavy (non-hydrogen) atoms. The quantitative estimate of drug-likeness (QED) is 0.0261. The van der Waals surface area contributed by atoms with Gasteiger partial charge in [0.15, 0.2) is 6.10 Å². The molecule has 0 aliphatic rings. The van der Waals surface area contributed by atoms with Crippen LogP contribution in [0.25, 0.3) is 0 Å². The highest BCUT2D eigenvalue weighted by Crippen LogP contribution is 2.17. The zero-order chi connectivity index (χ0) is 53.6. The molecule has 0 amide bonds. The summed E-state index contributed by atoms with van der Waals surface area (Å²) in [7, 11) is 0. The molecular weight excluding hydrogens is 913 g/mol. The van der Waals surface area contributed by atoms with Gasteiger partial charge in [-0.1, -0.05) is 301 Å². The molecule has 0 aliphatic carbocycles. The van der Waals surface area contributed by atoms with E-state index in [1.54, 1.807) is 0 Å². The monoisotopic (exact) mass is 1040 g/mol. The van der Waals surface area contributed by atoms with Gasteiger partial charge in [-0.25, -0.2) is 0 Å². The van der Waals surface area contributed by atoms with Gasteiger partial charge in [-0.15, -0.1) is 0 Å². The van der Waals surface area contributed by atoms with Crippen molar-refractivity contribution in [2.75, 3.05) is 13.2 Å². The first-order chi connectivity index (χ1) is 36.5. The molecule has 0 aromatic rings. The lowest BCUT2D eigenvalue weighted by molar-refractivity contribution is -0.167. The summed E-state index contributed by atoms with van der Waals surface area (Å²) in [6.45, 7) is 6.60. The van der Waals surface area contributed by atoms with E-state index in [0.717, 1.165) is 83.5 Å². The molecule has 6 heteroatoms. The van der Waals surface area contributed by atoms with Gasteiger partial charge >= 0.3 is 17.9 Å². The van der Waals surface area contributed by atoms with E-state index in [4.69, 9.17) is 14.2 Å². The third-order valence-corrected chi connectivity index (χ3v) is 14.5. The topological polar surface area (TPSA) is 78.9 Å². The van der Waals surface area contributed by atoms with Crippen molar-refractivity contribution in [2.24, 2.45) is 0 Å². The van der Waals surface area contributed by atoms with E-state index in [0.29, 0.717) is 19.3 Å². The van der Waals surface area contributed by atoms with Gasteiger partial charge in [0, 0.05) is 19.3 Å². The van der Waals surface area contributed by atoms with Crippen molar-refractivity contribution in [3.8, 4) is 0 Å². The van der Waals surface area contributed by atoms with E-state index >= 15 is 0 Å². The summed E-state index contributed by atoms with van der Waals surface area (Å²) >= 11 is 0. The molecule has 1 unspecified atom stereocenters.